The summed E-state index contributed by atoms with van der Waals surface area (Å²) in [6.07, 6.45) is 2.39. The predicted molar refractivity (Wildman–Crippen MR) is 89.0 cm³/mol. The van der Waals surface area contributed by atoms with Gasteiger partial charge in [-0.15, -0.1) is 0 Å². The molecule has 27 heavy (non-hydrogen) atoms. The lowest BCUT2D eigenvalue weighted by atomic mass is 9.44. The van der Waals surface area contributed by atoms with Crippen LogP contribution in [0.2, 0.25) is 0 Å². The lowest BCUT2D eigenvalue weighted by Gasteiger charge is -2.55. The topological polar surface area (TPSA) is 103 Å². The van der Waals surface area contributed by atoms with Crippen molar-refractivity contribution in [1.29, 1.82) is 0 Å². The number of aliphatic hydroxyl groups is 1. The maximum Gasteiger partial charge on any atom is 0.313 e. The van der Waals surface area contributed by atoms with E-state index < -0.39 is 35.1 Å². The molecular formula is C20H22O7. The molecular weight excluding hydrogens is 352 g/mol. The standard InChI is InChI=1S/C20H22O7/c1-10-4-16(22)20-9-26-17(23)13(20)5-12(21)6-15(20)19(10)7-14(27-18(19)24)11-2-3-25-8-11/h2-3,8,10,13-15,17,23H,4-7,9H2,1H3/t10-,13+,14+,15-,17-,19-,20-/m1/s1. The Morgan fingerprint density at radius 3 is 2.70 bits per heavy atom. The highest BCUT2D eigenvalue weighted by molar-refractivity contribution is 5.95. The number of Topliss-reactive ketones (excluding diaryl/α,β-unsaturated/α-hetero) is 2. The highest BCUT2D eigenvalue weighted by Crippen LogP contribution is 2.67. The van der Waals surface area contributed by atoms with Crippen LogP contribution >= 0.6 is 0 Å². The van der Waals surface area contributed by atoms with Gasteiger partial charge in [-0.1, -0.05) is 6.92 Å². The van der Waals surface area contributed by atoms with Crippen LogP contribution in [-0.4, -0.2) is 35.5 Å². The van der Waals surface area contributed by atoms with Gasteiger partial charge in [-0.3, -0.25) is 14.4 Å². The summed E-state index contributed by atoms with van der Waals surface area (Å²) in [5.41, 5.74) is -1.14. The quantitative estimate of drug-likeness (QED) is 0.748. The minimum absolute atomic E-state index is 0.000707. The summed E-state index contributed by atoms with van der Waals surface area (Å²) in [7, 11) is 0. The highest BCUT2D eigenvalue weighted by atomic mass is 16.6. The number of rotatable bonds is 1. The van der Waals surface area contributed by atoms with E-state index in [1.165, 1.54) is 6.26 Å². The van der Waals surface area contributed by atoms with Gasteiger partial charge in [-0.25, -0.2) is 0 Å². The van der Waals surface area contributed by atoms with Gasteiger partial charge in [-0.05, 0) is 17.9 Å². The lowest BCUT2D eigenvalue weighted by molar-refractivity contribution is -0.176. The molecule has 0 radical (unpaired) electrons. The fourth-order valence-corrected chi connectivity index (χ4v) is 6.20. The Kier molecular flexibility index (Phi) is 3.50. The minimum Gasteiger partial charge on any atom is -0.472 e. The second kappa shape index (κ2) is 5.52. The van der Waals surface area contributed by atoms with Crippen molar-refractivity contribution in [2.24, 2.45) is 28.6 Å². The monoisotopic (exact) mass is 374 g/mol. The molecule has 0 aromatic carbocycles. The largest absolute Gasteiger partial charge is 0.472 e. The number of ether oxygens (including phenoxy) is 2. The Morgan fingerprint density at radius 2 is 1.96 bits per heavy atom. The molecule has 2 saturated heterocycles. The smallest absolute Gasteiger partial charge is 0.313 e. The third-order valence-corrected chi connectivity index (χ3v) is 7.58. The van der Waals surface area contributed by atoms with E-state index in [1.54, 1.807) is 12.3 Å². The third-order valence-electron chi connectivity index (χ3n) is 7.58. The van der Waals surface area contributed by atoms with E-state index >= 15 is 0 Å². The maximum atomic E-state index is 13.2. The molecule has 2 spiro atoms. The number of furan rings is 1. The van der Waals surface area contributed by atoms with Crippen LogP contribution in [0.4, 0.5) is 0 Å². The van der Waals surface area contributed by atoms with Gasteiger partial charge in [0.25, 0.3) is 0 Å². The zero-order valence-corrected chi connectivity index (χ0v) is 15.1. The van der Waals surface area contributed by atoms with Crippen molar-refractivity contribution in [2.45, 2.75) is 45.0 Å². The van der Waals surface area contributed by atoms with Gasteiger partial charge in [0, 0.05) is 37.2 Å². The zero-order chi connectivity index (χ0) is 19.0. The second-order valence-electron chi connectivity index (χ2n) is 8.57. The van der Waals surface area contributed by atoms with E-state index in [2.05, 4.69) is 0 Å². The fourth-order valence-electron chi connectivity index (χ4n) is 6.20. The van der Waals surface area contributed by atoms with Crippen molar-refractivity contribution in [2.75, 3.05) is 6.61 Å². The molecule has 4 aliphatic rings. The summed E-state index contributed by atoms with van der Waals surface area (Å²) in [5, 5.41) is 10.3. The van der Waals surface area contributed by atoms with Crippen LogP contribution in [0, 0.1) is 28.6 Å². The molecule has 1 aromatic rings. The zero-order valence-electron chi connectivity index (χ0n) is 15.1. The number of esters is 1. The van der Waals surface area contributed by atoms with E-state index in [-0.39, 0.29) is 49.3 Å². The third kappa shape index (κ3) is 2.01. The molecule has 2 aliphatic carbocycles. The molecule has 1 aromatic heterocycles. The number of carbonyl (C=O) groups excluding carboxylic acids is 3. The van der Waals surface area contributed by atoms with E-state index in [0.29, 0.717) is 6.42 Å². The van der Waals surface area contributed by atoms with Crippen molar-refractivity contribution < 1.29 is 33.4 Å². The van der Waals surface area contributed by atoms with Crippen molar-refractivity contribution in [3.63, 3.8) is 0 Å². The Bertz CT molecular complexity index is 814. The molecule has 0 amide bonds. The molecule has 1 N–H and O–H groups in total. The SMILES string of the molecule is C[C@@H]1CC(=O)[C@]23CO[C@@H](O)[C@@H]2CC(=O)C[C@@H]3[C@@]12C[C@@H](c1ccoc1)OC2=O. The van der Waals surface area contributed by atoms with Gasteiger partial charge < -0.3 is 19.0 Å². The average molecular weight is 374 g/mol. The first-order valence-electron chi connectivity index (χ1n) is 9.47. The molecule has 144 valence electrons. The van der Waals surface area contributed by atoms with E-state index in [9.17, 15) is 19.5 Å². The van der Waals surface area contributed by atoms with Crippen LogP contribution in [-0.2, 0) is 23.9 Å². The number of fused-ring (bicyclic) bond motifs is 1. The van der Waals surface area contributed by atoms with Crippen LogP contribution < -0.4 is 0 Å². The number of hydrogen-bond acceptors (Lipinski definition) is 7. The van der Waals surface area contributed by atoms with Crippen LogP contribution in [0.25, 0.3) is 0 Å². The Balaban J connectivity index is 1.63. The molecule has 7 nitrogen and oxygen atoms in total. The number of cyclic esters (lactones) is 1. The van der Waals surface area contributed by atoms with Crippen LogP contribution in [0.15, 0.2) is 23.0 Å². The first kappa shape index (κ1) is 17.1. The normalized spacial score (nSPS) is 46.4. The fraction of sp³-hybridized carbons (Fsp3) is 0.650. The first-order valence-corrected chi connectivity index (χ1v) is 9.47. The molecule has 2 aliphatic heterocycles. The van der Waals surface area contributed by atoms with Crippen molar-refractivity contribution >= 4 is 17.5 Å². The molecule has 5 rings (SSSR count). The van der Waals surface area contributed by atoms with Crippen molar-refractivity contribution in [3.8, 4) is 0 Å². The molecule has 7 atom stereocenters. The summed E-state index contributed by atoms with van der Waals surface area (Å²) in [6.45, 7) is 1.96. The molecule has 4 fully saturated rings. The number of hydrogen-bond donors (Lipinski definition) is 1. The second-order valence-corrected chi connectivity index (χ2v) is 8.57. The average Bonchev–Trinajstić information content (AvgIpc) is 3.33. The summed E-state index contributed by atoms with van der Waals surface area (Å²) in [4.78, 5) is 38.9. The van der Waals surface area contributed by atoms with Crippen LogP contribution in [0.3, 0.4) is 0 Å². The van der Waals surface area contributed by atoms with Gasteiger partial charge in [0.1, 0.15) is 17.7 Å². The number of aliphatic hydroxyl groups excluding tert-OH is 1. The van der Waals surface area contributed by atoms with Gasteiger partial charge in [0.2, 0.25) is 0 Å². The van der Waals surface area contributed by atoms with E-state index in [1.807, 2.05) is 6.92 Å². The van der Waals surface area contributed by atoms with Gasteiger partial charge >= 0.3 is 5.97 Å². The Hall–Kier alpha value is -1.99. The molecule has 3 heterocycles. The summed E-state index contributed by atoms with van der Waals surface area (Å²) >= 11 is 0. The summed E-state index contributed by atoms with van der Waals surface area (Å²) in [6, 6.07) is 1.77. The first-order chi connectivity index (χ1) is 12.9. The summed E-state index contributed by atoms with van der Waals surface area (Å²) in [5.74, 6) is -1.72. The molecule has 7 heteroatoms. The molecule has 2 saturated carbocycles. The molecule has 0 unspecified atom stereocenters. The van der Waals surface area contributed by atoms with Gasteiger partial charge in [-0.2, -0.15) is 0 Å². The van der Waals surface area contributed by atoms with Crippen molar-refractivity contribution in [3.05, 3.63) is 24.2 Å². The van der Waals surface area contributed by atoms with Gasteiger partial charge in [0.15, 0.2) is 6.29 Å². The van der Waals surface area contributed by atoms with E-state index in [4.69, 9.17) is 13.9 Å². The number of carbonyl (C=O) groups is 3. The van der Waals surface area contributed by atoms with Crippen LogP contribution in [0.5, 0.6) is 0 Å². The minimum atomic E-state index is -1.15. The summed E-state index contributed by atoms with van der Waals surface area (Å²) < 4.78 is 16.3. The van der Waals surface area contributed by atoms with Crippen molar-refractivity contribution in [1.82, 2.24) is 0 Å². The predicted octanol–water partition coefficient (Wildman–Crippen LogP) is 1.79. The van der Waals surface area contributed by atoms with Gasteiger partial charge in [0.05, 0.1) is 30.0 Å². The highest BCUT2D eigenvalue weighted by Gasteiger charge is 2.73. The van der Waals surface area contributed by atoms with E-state index in [0.717, 1.165) is 5.56 Å². The number of ketones is 2. The molecule has 0 bridgehead atoms. The lowest BCUT2D eigenvalue weighted by Crippen LogP contribution is -2.63. The maximum absolute atomic E-state index is 13.2. The Morgan fingerprint density at radius 1 is 1.15 bits per heavy atom. The van der Waals surface area contributed by atoms with Crippen LogP contribution in [0.1, 0.15) is 44.3 Å². The Labute approximate surface area is 156 Å².